The van der Waals surface area contributed by atoms with E-state index in [0.717, 1.165) is 36.2 Å². The van der Waals surface area contributed by atoms with Crippen LogP contribution in [0.1, 0.15) is 34.4 Å². The predicted molar refractivity (Wildman–Crippen MR) is 96.2 cm³/mol. The summed E-state index contributed by atoms with van der Waals surface area (Å²) < 4.78 is 0. The maximum atomic E-state index is 12.2. The number of nitrogens with zero attached hydrogens (tertiary/aromatic N) is 2. The second-order valence-corrected chi connectivity index (χ2v) is 7.03. The molecule has 0 fully saturated rings. The lowest BCUT2D eigenvalue weighted by atomic mass is 10.1. The van der Waals surface area contributed by atoms with E-state index in [4.69, 9.17) is 0 Å². The van der Waals surface area contributed by atoms with Crippen LogP contribution in [-0.2, 0) is 17.6 Å². The Morgan fingerprint density at radius 1 is 1.33 bits per heavy atom. The van der Waals surface area contributed by atoms with Gasteiger partial charge in [-0.1, -0.05) is 29.5 Å². The number of pyridine rings is 1. The van der Waals surface area contributed by atoms with Crippen LogP contribution in [0.4, 0.5) is 5.69 Å². The van der Waals surface area contributed by atoms with Gasteiger partial charge in [0, 0.05) is 11.4 Å². The Kier molecular flexibility index (Phi) is 4.86. The summed E-state index contributed by atoms with van der Waals surface area (Å²) in [5.74, 6) is 0.159. The van der Waals surface area contributed by atoms with Crippen molar-refractivity contribution < 1.29 is 4.79 Å². The number of aryl methyl sites for hydroxylation is 4. The molecule has 0 saturated carbocycles. The van der Waals surface area contributed by atoms with Crippen molar-refractivity contribution in [2.24, 2.45) is 0 Å². The number of carbonyl (C=O) groups excluding carboxylic acids is 1. The fraction of sp³-hybridized carbons (Fsp3) is 0.316. The molecule has 4 nitrogen and oxygen atoms in total. The Bertz CT molecular complexity index is 839. The van der Waals surface area contributed by atoms with E-state index in [9.17, 15) is 10.1 Å². The van der Waals surface area contributed by atoms with Gasteiger partial charge < -0.3 is 5.32 Å². The highest BCUT2D eigenvalue weighted by atomic mass is 32.2. The van der Waals surface area contributed by atoms with Crippen LogP contribution in [0.5, 0.6) is 0 Å². The van der Waals surface area contributed by atoms with Crippen molar-refractivity contribution in [3.63, 3.8) is 0 Å². The van der Waals surface area contributed by atoms with Gasteiger partial charge in [0.25, 0.3) is 0 Å². The summed E-state index contributed by atoms with van der Waals surface area (Å²) in [6.45, 7) is 4.00. The maximum Gasteiger partial charge on any atom is 0.234 e. The molecule has 0 unspecified atom stereocenters. The fourth-order valence-corrected chi connectivity index (χ4v) is 3.69. The topological polar surface area (TPSA) is 65.8 Å². The number of anilines is 1. The highest BCUT2D eigenvalue weighted by Crippen LogP contribution is 2.28. The van der Waals surface area contributed by atoms with Gasteiger partial charge in [-0.3, -0.25) is 4.79 Å². The Labute approximate surface area is 146 Å². The molecule has 0 bridgehead atoms. The van der Waals surface area contributed by atoms with Crippen molar-refractivity contribution >= 4 is 23.4 Å². The molecule has 0 atom stereocenters. The smallest absolute Gasteiger partial charge is 0.234 e. The summed E-state index contributed by atoms with van der Waals surface area (Å²) in [4.78, 5) is 16.8. The van der Waals surface area contributed by atoms with E-state index < -0.39 is 0 Å². The lowest BCUT2D eigenvalue weighted by molar-refractivity contribution is -0.113. The van der Waals surface area contributed by atoms with E-state index in [0.29, 0.717) is 10.6 Å². The molecule has 24 heavy (non-hydrogen) atoms. The summed E-state index contributed by atoms with van der Waals surface area (Å²) in [6.07, 6.45) is 3.05. The Hall–Kier alpha value is -2.32. The van der Waals surface area contributed by atoms with Crippen molar-refractivity contribution in [2.45, 2.75) is 38.1 Å². The molecule has 1 aliphatic carbocycles. The SMILES string of the molecule is Cc1ccc(NC(=O)CSc2nc3c(cc2C#N)CCC3)c(C)c1. The first-order valence-electron chi connectivity index (χ1n) is 7.99. The second-order valence-electron chi connectivity index (χ2n) is 6.07. The van der Waals surface area contributed by atoms with Gasteiger partial charge in [-0.2, -0.15) is 5.26 Å². The zero-order chi connectivity index (χ0) is 17.1. The average Bonchev–Trinajstić information content (AvgIpc) is 3.01. The summed E-state index contributed by atoms with van der Waals surface area (Å²) in [5, 5.41) is 12.9. The van der Waals surface area contributed by atoms with Crippen LogP contribution in [0.3, 0.4) is 0 Å². The minimum atomic E-state index is -0.0851. The monoisotopic (exact) mass is 337 g/mol. The highest BCUT2D eigenvalue weighted by Gasteiger charge is 2.17. The first-order chi connectivity index (χ1) is 11.6. The van der Waals surface area contributed by atoms with Gasteiger partial charge in [0.15, 0.2) is 0 Å². The van der Waals surface area contributed by atoms with Crippen molar-refractivity contribution in [3.8, 4) is 6.07 Å². The molecular formula is C19H19N3OS. The van der Waals surface area contributed by atoms with Gasteiger partial charge in [0.2, 0.25) is 5.91 Å². The number of nitrogens with one attached hydrogen (secondary N) is 1. The van der Waals surface area contributed by atoms with Crippen LogP contribution >= 0.6 is 11.8 Å². The molecule has 1 amide bonds. The molecule has 1 N–H and O–H groups in total. The van der Waals surface area contributed by atoms with Crippen LogP contribution in [-0.4, -0.2) is 16.6 Å². The molecule has 1 aromatic carbocycles. The normalized spacial score (nSPS) is 12.5. The van der Waals surface area contributed by atoms with E-state index in [1.807, 2.05) is 38.1 Å². The van der Waals surface area contributed by atoms with Crippen LogP contribution in [0.25, 0.3) is 0 Å². The molecule has 122 valence electrons. The average molecular weight is 337 g/mol. The zero-order valence-electron chi connectivity index (χ0n) is 13.8. The predicted octanol–water partition coefficient (Wildman–Crippen LogP) is 3.79. The third kappa shape index (κ3) is 3.60. The van der Waals surface area contributed by atoms with Crippen LogP contribution in [0.2, 0.25) is 0 Å². The number of carbonyl (C=O) groups is 1. The minimum Gasteiger partial charge on any atom is -0.325 e. The van der Waals surface area contributed by atoms with Crippen molar-refractivity contribution in [3.05, 3.63) is 52.2 Å². The van der Waals surface area contributed by atoms with E-state index >= 15 is 0 Å². The lowest BCUT2D eigenvalue weighted by Gasteiger charge is -2.10. The second kappa shape index (κ2) is 7.06. The number of hydrogen-bond acceptors (Lipinski definition) is 4. The van der Waals surface area contributed by atoms with Crippen LogP contribution in [0.15, 0.2) is 29.3 Å². The fourth-order valence-electron chi connectivity index (χ4n) is 2.92. The van der Waals surface area contributed by atoms with Gasteiger partial charge in [-0.05, 0) is 56.4 Å². The number of thioether (sulfide) groups is 1. The molecule has 2 aromatic rings. The summed E-state index contributed by atoms with van der Waals surface area (Å²) in [5.41, 5.74) is 5.86. The van der Waals surface area contributed by atoms with Crippen molar-refractivity contribution in [2.75, 3.05) is 11.1 Å². The summed E-state index contributed by atoms with van der Waals surface area (Å²) in [7, 11) is 0. The molecule has 5 heteroatoms. The van der Waals surface area contributed by atoms with Gasteiger partial charge >= 0.3 is 0 Å². The van der Waals surface area contributed by atoms with E-state index in [1.54, 1.807) is 0 Å². The molecule has 3 rings (SSSR count). The first-order valence-corrected chi connectivity index (χ1v) is 8.98. The van der Waals surface area contributed by atoms with Crippen molar-refractivity contribution in [1.29, 1.82) is 5.26 Å². The van der Waals surface area contributed by atoms with E-state index in [2.05, 4.69) is 16.4 Å². The van der Waals surface area contributed by atoms with Gasteiger partial charge in [-0.25, -0.2) is 4.98 Å². The number of benzene rings is 1. The highest BCUT2D eigenvalue weighted by molar-refractivity contribution is 8.00. The van der Waals surface area contributed by atoms with Gasteiger partial charge in [-0.15, -0.1) is 0 Å². The lowest BCUT2D eigenvalue weighted by Crippen LogP contribution is -2.15. The molecular weight excluding hydrogens is 318 g/mol. The summed E-state index contributed by atoms with van der Waals surface area (Å²) in [6, 6.07) is 10.1. The number of rotatable bonds is 4. The van der Waals surface area contributed by atoms with Gasteiger partial charge in [0.05, 0.1) is 11.3 Å². The van der Waals surface area contributed by atoms with E-state index in [-0.39, 0.29) is 11.7 Å². The molecule has 0 radical (unpaired) electrons. The minimum absolute atomic E-state index is 0.0851. The van der Waals surface area contributed by atoms with Crippen LogP contribution in [0, 0.1) is 25.2 Å². The molecule has 1 heterocycles. The third-order valence-corrected chi connectivity index (χ3v) is 5.12. The standard InChI is InChI=1S/C19H19N3OS/c1-12-6-7-16(13(2)8-12)21-18(23)11-24-19-15(10-20)9-14-4-3-5-17(14)22-19/h6-9H,3-5,11H2,1-2H3,(H,21,23). The number of nitriles is 1. The number of hydrogen-bond donors (Lipinski definition) is 1. The quantitative estimate of drug-likeness (QED) is 0.862. The largest absolute Gasteiger partial charge is 0.325 e. The Balaban J connectivity index is 1.67. The molecule has 0 spiro atoms. The zero-order valence-corrected chi connectivity index (χ0v) is 14.7. The molecule has 1 aromatic heterocycles. The van der Waals surface area contributed by atoms with Gasteiger partial charge in [0.1, 0.15) is 11.1 Å². The Morgan fingerprint density at radius 2 is 2.17 bits per heavy atom. The summed E-state index contributed by atoms with van der Waals surface area (Å²) >= 11 is 1.33. The number of aromatic nitrogens is 1. The third-order valence-electron chi connectivity index (χ3n) is 4.13. The molecule has 0 aliphatic heterocycles. The first kappa shape index (κ1) is 16.5. The molecule has 0 saturated heterocycles. The van der Waals surface area contributed by atoms with Crippen molar-refractivity contribution in [1.82, 2.24) is 4.98 Å². The maximum absolute atomic E-state index is 12.2. The number of amides is 1. The van der Waals surface area contributed by atoms with E-state index in [1.165, 1.54) is 22.9 Å². The number of fused-ring (bicyclic) bond motifs is 1. The Morgan fingerprint density at radius 3 is 2.92 bits per heavy atom. The van der Waals surface area contributed by atoms with Crippen LogP contribution < -0.4 is 5.32 Å². The molecule has 1 aliphatic rings.